The fourth-order valence-corrected chi connectivity index (χ4v) is 3.53. The Bertz CT molecular complexity index is 540. The predicted octanol–water partition coefficient (Wildman–Crippen LogP) is 3.53. The quantitative estimate of drug-likeness (QED) is 0.896. The Morgan fingerprint density at radius 3 is 2.25 bits per heavy atom. The summed E-state index contributed by atoms with van der Waals surface area (Å²) < 4.78 is 0. The minimum atomic E-state index is -0.743. The van der Waals surface area contributed by atoms with Gasteiger partial charge in [-0.05, 0) is 43.4 Å². The van der Waals surface area contributed by atoms with Gasteiger partial charge in [0, 0.05) is 25.2 Å². The summed E-state index contributed by atoms with van der Waals surface area (Å²) in [5, 5.41) is 8.93. The molecule has 1 aliphatic rings. The Hall–Kier alpha value is -1.39. The molecule has 134 valence electrons. The number of benzene rings is 1. The Kier molecular flexibility index (Phi) is 6.05. The molecule has 0 aromatic heterocycles. The first-order valence-electron chi connectivity index (χ1n) is 8.95. The van der Waals surface area contributed by atoms with E-state index in [-0.39, 0.29) is 12.0 Å². The topological polar surface area (TPSA) is 43.8 Å². The monoisotopic (exact) mass is 332 g/mol. The highest BCUT2D eigenvalue weighted by Crippen LogP contribution is 2.28. The summed E-state index contributed by atoms with van der Waals surface area (Å²) in [5.74, 6) is -0.743. The average Bonchev–Trinajstić information content (AvgIpc) is 2.53. The van der Waals surface area contributed by atoms with Crippen LogP contribution in [0.3, 0.4) is 0 Å². The number of aliphatic carboxylic acids is 1. The normalized spacial score (nSPS) is 18.8. The van der Waals surface area contributed by atoms with Crippen LogP contribution in [-0.2, 0) is 10.2 Å². The summed E-state index contributed by atoms with van der Waals surface area (Å²) in [5.41, 5.74) is 2.92. The second-order valence-corrected chi connectivity index (χ2v) is 8.12. The highest BCUT2D eigenvalue weighted by molar-refractivity contribution is 5.69. The maximum absolute atomic E-state index is 10.9. The van der Waals surface area contributed by atoms with E-state index in [9.17, 15) is 4.79 Å². The number of hydrogen-bond donors (Lipinski definition) is 1. The first-order chi connectivity index (χ1) is 11.2. The van der Waals surface area contributed by atoms with E-state index in [1.165, 1.54) is 11.1 Å². The second kappa shape index (κ2) is 7.66. The zero-order valence-corrected chi connectivity index (χ0v) is 15.7. The summed E-state index contributed by atoms with van der Waals surface area (Å²) in [7, 11) is 1.92. The first-order valence-corrected chi connectivity index (χ1v) is 8.95. The van der Waals surface area contributed by atoms with Gasteiger partial charge in [-0.2, -0.15) is 0 Å². The molecule has 0 radical (unpaired) electrons. The van der Waals surface area contributed by atoms with E-state index in [0.717, 1.165) is 25.9 Å². The number of likely N-dealkylation sites (N-methyl/N-ethyl adjacent to an activating group) is 1. The SMILES string of the molecule is CC(c1ccc(C(C)(C)C)cc1)N1CCC(N(C)CC(=O)O)CC1. The molecule has 4 heteroatoms. The van der Waals surface area contributed by atoms with E-state index in [0.29, 0.717) is 12.1 Å². The van der Waals surface area contributed by atoms with Crippen molar-refractivity contribution in [3.8, 4) is 0 Å². The number of piperidine rings is 1. The van der Waals surface area contributed by atoms with E-state index < -0.39 is 5.97 Å². The Morgan fingerprint density at radius 1 is 1.25 bits per heavy atom. The van der Waals surface area contributed by atoms with Gasteiger partial charge in [-0.3, -0.25) is 14.6 Å². The number of carboxylic acids is 1. The third-order valence-electron chi connectivity index (χ3n) is 5.31. The molecule has 1 N–H and O–H groups in total. The van der Waals surface area contributed by atoms with Gasteiger partial charge in [-0.15, -0.1) is 0 Å². The van der Waals surface area contributed by atoms with Crippen molar-refractivity contribution >= 4 is 5.97 Å². The molecule has 1 aromatic rings. The van der Waals surface area contributed by atoms with Crippen LogP contribution in [0.2, 0.25) is 0 Å². The molecule has 1 aromatic carbocycles. The first kappa shape index (κ1) is 18.9. The molecule has 2 rings (SSSR count). The van der Waals surface area contributed by atoms with Crippen molar-refractivity contribution in [3.05, 3.63) is 35.4 Å². The van der Waals surface area contributed by atoms with Crippen LogP contribution in [0.5, 0.6) is 0 Å². The molecule has 0 bridgehead atoms. The minimum Gasteiger partial charge on any atom is -0.480 e. The molecular weight excluding hydrogens is 300 g/mol. The van der Waals surface area contributed by atoms with Gasteiger partial charge in [0.15, 0.2) is 0 Å². The third kappa shape index (κ3) is 4.81. The van der Waals surface area contributed by atoms with E-state index in [4.69, 9.17) is 5.11 Å². The van der Waals surface area contributed by atoms with Gasteiger partial charge in [-0.25, -0.2) is 0 Å². The molecule has 24 heavy (non-hydrogen) atoms. The molecule has 1 unspecified atom stereocenters. The molecule has 1 heterocycles. The molecule has 1 aliphatic heterocycles. The van der Waals surface area contributed by atoms with E-state index in [2.05, 4.69) is 56.9 Å². The molecule has 0 saturated carbocycles. The highest BCUT2D eigenvalue weighted by Gasteiger charge is 2.26. The van der Waals surface area contributed by atoms with Crippen molar-refractivity contribution in [1.29, 1.82) is 0 Å². The second-order valence-electron chi connectivity index (χ2n) is 8.12. The number of likely N-dealkylation sites (tertiary alicyclic amines) is 1. The van der Waals surface area contributed by atoms with Crippen LogP contribution in [0, 0.1) is 0 Å². The Labute approximate surface area is 146 Å². The summed E-state index contributed by atoms with van der Waals surface area (Å²) in [4.78, 5) is 15.3. The van der Waals surface area contributed by atoms with Gasteiger partial charge < -0.3 is 5.11 Å². The predicted molar refractivity (Wildman–Crippen MR) is 98.4 cm³/mol. The summed E-state index contributed by atoms with van der Waals surface area (Å²) in [6, 6.07) is 9.80. The summed E-state index contributed by atoms with van der Waals surface area (Å²) >= 11 is 0. The number of carboxylic acid groups (broad SMARTS) is 1. The Morgan fingerprint density at radius 2 is 1.79 bits per heavy atom. The maximum Gasteiger partial charge on any atom is 0.317 e. The number of nitrogens with zero attached hydrogens (tertiary/aromatic N) is 2. The van der Waals surface area contributed by atoms with Crippen LogP contribution in [0.1, 0.15) is 57.7 Å². The molecule has 1 fully saturated rings. The van der Waals surface area contributed by atoms with Gasteiger partial charge in [0.2, 0.25) is 0 Å². The largest absolute Gasteiger partial charge is 0.480 e. The smallest absolute Gasteiger partial charge is 0.317 e. The number of carbonyl (C=O) groups is 1. The molecule has 4 nitrogen and oxygen atoms in total. The molecule has 0 aliphatic carbocycles. The molecule has 1 saturated heterocycles. The summed E-state index contributed by atoms with van der Waals surface area (Å²) in [6.45, 7) is 11.2. The van der Waals surface area contributed by atoms with Crippen molar-refractivity contribution in [2.24, 2.45) is 0 Å². The maximum atomic E-state index is 10.9. The van der Waals surface area contributed by atoms with Gasteiger partial charge in [-0.1, -0.05) is 45.0 Å². The lowest BCUT2D eigenvalue weighted by Crippen LogP contribution is -2.45. The van der Waals surface area contributed by atoms with Crippen LogP contribution in [0.4, 0.5) is 0 Å². The molecule has 1 atom stereocenters. The molecule has 0 amide bonds. The zero-order chi connectivity index (χ0) is 17.9. The lowest BCUT2D eigenvalue weighted by molar-refractivity contribution is -0.138. The lowest BCUT2D eigenvalue weighted by Gasteiger charge is -2.39. The van der Waals surface area contributed by atoms with Gasteiger partial charge in [0.05, 0.1) is 6.54 Å². The Balaban J connectivity index is 1.93. The van der Waals surface area contributed by atoms with Gasteiger partial charge in [0.1, 0.15) is 0 Å². The van der Waals surface area contributed by atoms with Crippen LogP contribution >= 0.6 is 0 Å². The highest BCUT2D eigenvalue weighted by atomic mass is 16.4. The number of hydrogen-bond acceptors (Lipinski definition) is 3. The van der Waals surface area contributed by atoms with Crippen molar-refractivity contribution in [1.82, 2.24) is 9.80 Å². The molecular formula is C20H32N2O2. The third-order valence-corrected chi connectivity index (χ3v) is 5.31. The van der Waals surface area contributed by atoms with Crippen LogP contribution in [-0.4, -0.2) is 53.6 Å². The van der Waals surface area contributed by atoms with Crippen molar-refractivity contribution < 1.29 is 9.90 Å². The van der Waals surface area contributed by atoms with E-state index in [1.807, 2.05) is 11.9 Å². The minimum absolute atomic E-state index is 0.133. The van der Waals surface area contributed by atoms with Crippen LogP contribution < -0.4 is 0 Å². The standard InChI is InChI=1S/C20H32N2O2/c1-15(16-6-8-17(9-7-16)20(2,3)4)22-12-10-18(11-13-22)21(5)14-19(23)24/h6-9,15,18H,10-14H2,1-5H3,(H,23,24). The van der Waals surface area contributed by atoms with Crippen molar-refractivity contribution in [2.75, 3.05) is 26.7 Å². The summed E-state index contributed by atoms with van der Waals surface area (Å²) in [6.07, 6.45) is 2.07. The van der Waals surface area contributed by atoms with Gasteiger partial charge >= 0.3 is 5.97 Å². The number of rotatable bonds is 5. The average molecular weight is 332 g/mol. The fraction of sp³-hybridized carbons (Fsp3) is 0.650. The molecule has 0 spiro atoms. The van der Waals surface area contributed by atoms with Gasteiger partial charge in [0.25, 0.3) is 0 Å². The van der Waals surface area contributed by atoms with Crippen LogP contribution in [0.15, 0.2) is 24.3 Å². The zero-order valence-electron chi connectivity index (χ0n) is 15.7. The van der Waals surface area contributed by atoms with Crippen LogP contribution in [0.25, 0.3) is 0 Å². The lowest BCUT2D eigenvalue weighted by atomic mass is 9.86. The van der Waals surface area contributed by atoms with Crippen molar-refractivity contribution in [3.63, 3.8) is 0 Å². The van der Waals surface area contributed by atoms with Crippen molar-refractivity contribution in [2.45, 2.75) is 58.0 Å². The van der Waals surface area contributed by atoms with E-state index in [1.54, 1.807) is 0 Å². The van der Waals surface area contributed by atoms with E-state index >= 15 is 0 Å². The fourth-order valence-electron chi connectivity index (χ4n) is 3.53.